The second-order valence-corrected chi connectivity index (χ2v) is 5.41. The van der Waals surface area contributed by atoms with Crippen LogP contribution in [0.2, 0.25) is 0 Å². The molecule has 3 N–H and O–H groups in total. The number of rotatable bonds is 4. The van der Waals surface area contributed by atoms with E-state index in [0.29, 0.717) is 29.2 Å². The molecule has 0 aliphatic heterocycles. The Bertz CT molecular complexity index is 947. The SMILES string of the molecule is CCOc1cc(-c2cc(-c3ccccc3)nc(N)c2C#N)ccc1O. The van der Waals surface area contributed by atoms with E-state index in [2.05, 4.69) is 11.1 Å². The smallest absolute Gasteiger partial charge is 0.161 e. The van der Waals surface area contributed by atoms with Crippen molar-refractivity contribution in [3.05, 3.63) is 60.2 Å². The maximum atomic E-state index is 9.90. The predicted octanol–water partition coefficient (Wildman–Crippen LogP) is 3.97. The third-order valence-electron chi connectivity index (χ3n) is 3.80. The Morgan fingerprint density at radius 1 is 1.12 bits per heavy atom. The number of phenolic OH excluding ortho intramolecular Hbond substituents is 1. The van der Waals surface area contributed by atoms with Crippen LogP contribution in [0.1, 0.15) is 12.5 Å². The van der Waals surface area contributed by atoms with Crippen molar-refractivity contribution in [3.63, 3.8) is 0 Å². The fraction of sp³-hybridized carbons (Fsp3) is 0.100. The van der Waals surface area contributed by atoms with Gasteiger partial charge in [0.1, 0.15) is 17.5 Å². The highest BCUT2D eigenvalue weighted by molar-refractivity contribution is 5.81. The molecule has 0 saturated heterocycles. The standard InChI is InChI=1S/C20H17N3O2/c1-2-25-19-10-14(8-9-18(19)24)15-11-17(13-6-4-3-5-7-13)23-20(22)16(15)12-21/h3-11,24H,2H2,1H3,(H2,22,23). The van der Waals surface area contributed by atoms with Gasteiger partial charge in [0.15, 0.2) is 11.5 Å². The summed E-state index contributed by atoms with van der Waals surface area (Å²) in [5, 5.41) is 19.4. The summed E-state index contributed by atoms with van der Waals surface area (Å²) in [6, 6.07) is 18.5. The van der Waals surface area contributed by atoms with E-state index in [4.69, 9.17) is 10.5 Å². The minimum absolute atomic E-state index is 0.0504. The molecule has 0 aliphatic rings. The zero-order chi connectivity index (χ0) is 17.8. The average Bonchev–Trinajstić information content (AvgIpc) is 2.64. The van der Waals surface area contributed by atoms with Crippen LogP contribution in [0.25, 0.3) is 22.4 Å². The zero-order valence-electron chi connectivity index (χ0n) is 13.7. The number of hydrogen-bond acceptors (Lipinski definition) is 5. The lowest BCUT2D eigenvalue weighted by Crippen LogP contribution is -2.00. The van der Waals surface area contributed by atoms with Gasteiger partial charge in [-0.15, -0.1) is 0 Å². The fourth-order valence-corrected chi connectivity index (χ4v) is 2.62. The van der Waals surface area contributed by atoms with Crippen LogP contribution in [0.5, 0.6) is 11.5 Å². The molecule has 25 heavy (non-hydrogen) atoms. The van der Waals surface area contributed by atoms with Gasteiger partial charge in [-0.2, -0.15) is 5.26 Å². The molecule has 0 radical (unpaired) electrons. The van der Waals surface area contributed by atoms with Gasteiger partial charge in [-0.3, -0.25) is 0 Å². The molecule has 124 valence electrons. The molecule has 5 heteroatoms. The molecule has 5 nitrogen and oxygen atoms in total. The molecule has 1 aromatic heterocycles. The lowest BCUT2D eigenvalue weighted by atomic mass is 9.98. The summed E-state index contributed by atoms with van der Waals surface area (Å²) in [6.45, 7) is 2.26. The molecule has 0 spiro atoms. The second-order valence-electron chi connectivity index (χ2n) is 5.41. The lowest BCUT2D eigenvalue weighted by molar-refractivity contribution is 0.318. The maximum absolute atomic E-state index is 9.90. The quantitative estimate of drug-likeness (QED) is 0.754. The number of phenols is 1. The van der Waals surface area contributed by atoms with Gasteiger partial charge in [0, 0.05) is 11.1 Å². The molecule has 0 unspecified atom stereocenters. The number of nitrogens with two attached hydrogens (primary N) is 1. The molecule has 0 saturated carbocycles. The fourth-order valence-electron chi connectivity index (χ4n) is 2.62. The van der Waals surface area contributed by atoms with Gasteiger partial charge < -0.3 is 15.6 Å². The molecular formula is C20H17N3O2. The van der Waals surface area contributed by atoms with E-state index in [1.807, 2.05) is 43.3 Å². The first-order valence-corrected chi connectivity index (χ1v) is 7.86. The van der Waals surface area contributed by atoms with Gasteiger partial charge >= 0.3 is 0 Å². The molecule has 0 bridgehead atoms. The topological polar surface area (TPSA) is 92.2 Å². The Morgan fingerprint density at radius 2 is 1.88 bits per heavy atom. The van der Waals surface area contributed by atoms with E-state index < -0.39 is 0 Å². The van der Waals surface area contributed by atoms with Crippen molar-refractivity contribution in [3.8, 4) is 40.0 Å². The van der Waals surface area contributed by atoms with Crippen LogP contribution >= 0.6 is 0 Å². The first-order valence-electron chi connectivity index (χ1n) is 7.86. The second kappa shape index (κ2) is 6.93. The van der Waals surface area contributed by atoms with Crippen LogP contribution in [0, 0.1) is 11.3 Å². The third kappa shape index (κ3) is 3.24. The number of anilines is 1. The van der Waals surface area contributed by atoms with Gasteiger partial charge in [0.05, 0.1) is 12.3 Å². The van der Waals surface area contributed by atoms with Crippen LogP contribution in [0.15, 0.2) is 54.6 Å². The van der Waals surface area contributed by atoms with Crippen molar-refractivity contribution in [1.82, 2.24) is 4.98 Å². The highest BCUT2D eigenvalue weighted by atomic mass is 16.5. The normalized spacial score (nSPS) is 10.2. The molecule has 3 rings (SSSR count). The number of pyridine rings is 1. The molecule has 3 aromatic rings. The number of aromatic nitrogens is 1. The van der Waals surface area contributed by atoms with E-state index in [0.717, 1.165) is 11.1 Å². The summed E-state index contributed by atoms with van der Waals surface area (Å²) >= 11 is 0. The molecule has 1 heterocycles. The van der Waals surface area contributed by atoms with E-state index in [9.17, 15) is 10.4 Å². The number of nitriles is 1. The Kier molecular flexibility index (Phi) is 4.53. The molecular weight excluding hydrogens is 314 g/mol. The zero-order valence-corrected chi connectivity index (χ0v) is 13.7. The maximum Gasteiger partial charge on any atom is 0.161 e. The highest BCUT2D eigenvalue weighted by Crippen LogP contribution is 2.36. The van der Waals surface area contributed by atoms with E-state index in [-0.39, 0.29) is 11.6 Å². The Hall–Kier alpha value is -3.52. The number of nitrogens with zero attached hydrogens (tertiary/aromatic N) is 2. The number of hydrogen-bond donors (Lipinski definition) is 2. The number of ether oxygens (including phenoxy) is 1. The summed E-state index contributed by atoms with van der Waals surface area (Å²) in [4.78, 5) is 4.35. The first-order chi connectivity index (χ1) is 12.1. The van der Waals surface area contributed by atoms with Crippen LogP contribution in [0.4, 0.5) is 5.82 Å². The van der Waals surface area contributed by atoms with Crippen LogP contribution in [-0.4, -0.2) is 16.7 Å². The van der Waals surface area contributed by atoms with Crippen LogP contribution < -0.4 is 10.5 Å². The van der Waals surface area contributed by atoms with Gasteiger partial charge in [-0.05, 0) is 30.7 Å². The van der Waals surface area contributed by atoms with Gasteiger partial charge in [-0.25, -0.2) is 4.98 Å². The van der Waals surface area contributed by atoms with Gasteiger partial charge in [-0.1, -0.05) is 36.4 Å². The van der Waals surface area contributed by atoms with Crippen molar-refractivity contribution in [1.29, 1.82) is 5.26 Å². The van der Waals surface area contributed by atoms with Crippen LogP contribution in [0.3, 0.4) is 0 Å². The summed E-state index contributed by atoms with van der Waals surface area (Å²) in [5.74, 6) is 0.583. The number of benzene rings is 2. The van der Waals surface area contributed by atoms with Crippen molar-refractivity contribution < 1.29 is 9.84 Å². The molecule has 0 aliphatic carbocycles. The number of aromatic hydroxyl groups is 1. The Balaban J connectivity index is 2.20. The van der Waals surface area contributed by atoms with E-state index >= 15 is 0 Å². The van der Waals surface area contributed by atoms with Crippen molar-refractivity contribution >= 4 is 5.82 Å². The lowest BCUT2D eigenvalue weighted by Gasteiger charge is -2.12. The van der Waals surface area contributed by atoms with Crippen LogP contribution in [-0.2, 0) is 0 Å². The largest absolute Gasteiger partial charge is 0.504 e. The summed E-state index contributed by atoms with van der Waals surface area (Å²) in [5.41, 5.74) is 9.28. The monoisotopic (exact) mass is 331 g/mol. The van der Waals surface area contributed by atoms with E-state index in [1.54, 1.807) is 18.2 Å². The minimum atomic E-state index is 0.0504. The summed E-state index contributed by atoms with van der Waals surface area (Å²) < 4.78 is 5.44. The van der Waals surface area contributed by atoms with Gasteiger partial charge in [0.2, 0.25) is 0 Å². The van der Waals surface area contributed by atoms with Crippen molar-refractivity contribution in [2.45, 2.75) is 6.92 Å². The first kappa shape index (κ1) is 16.3. The molecule has 0 amide bonds. The van der Waals surface area contributed by atoms with Crippen molar-refractivity contribution in [2.24, 2.45) is 0 Å². The Morgan fingerprint density at radius 3 is 2.56 bits per heavy atom. The molecule has 0 atom stereocenters. The third-order valence-corrected chi connectivity index (χ3v) is 3.80. The Labute approximate surface area is 146 Å². The predicted molar refractivity (Wildman–Crippen MR) is 97.1 cm³/mol. The molecule has 2 aromatic carbocycles. The average molecular weight is 331 g/mol. The highest BCUT2D eigenvalue weighted by Gasteiger charge is 2.15. The number of nitrogen functional groups attached to an aromatic ring is 1. The minimum Gasteiger partial charge on any atom is -0.504 e. The molecule has 0 fully saturated rings. The summed E-state index contributed by atoms with van der Waals surface area (Å²) in [7, 11) is 0. The van der Waals surface area contributed by atoms with Gasteiger partial charge in [0.25, 0.3) is 0 Å². The van der Waals surface area contributed by atoms with E-state index in [1.165, 1.54) is 0 Å². The van der Waals surface area contributed by atoms with Crippen molar-refractivity contribution in [2.75, 3.05) is 12.3 Å². The summed E-state index contributed by atoms with van der Waals surface area (Å²) in [6.07, 6.45) is 0.